The van der Waals surface area contributed by atoms with Crippen molar-refractivity contribution in [1.29, 1.82) is 0 Å². The van der Waals surface area contributed by atoms with Crippen LogP contribution < -0.4 is 5.32 Å². The zero-order chi connectivity index (χ0) is 21.5. The topological polar surface area (TPSA) is 50.2 Å². The summed E-state index contributed by atoms with van der Waals surface area (Å²) in [4.78, 5) is 14.8. The molecule has 0 bridgehead atoms. The van der Waals surface area contributed by atoms with Crippen LogP contribution in [0.3, 0.4) is 0 Å². The van der Waals surface area contributed by atoms with Crippen LogP contribution in [0, 0.1) is 5.92 Å². The number of nitrogens with one attached hydrogen (secondary N) is 1. The van der Waals surface area contributed by atoms with Gasteiger partial charge in [0.05, 0.1) is 5.69 Å². The van der Waals surface area contributed by atoms with Crippen LogP contribution >= 0.6 is 11.6 Å². The first-order valence-corrected chi connectivity index (χ1v) is 11.4. The first-order chi connectivity index (χ1) is 15.2. The van der Waals surface area contributed by atoms with Gasteiger partial charge in [0.25, 0.3) is 0 Å². The van der Waals surface area contributed by atoms with Gasteiger partial charge in [0.15, 0.2) is 0 Å². The van der Waals surface area contributed by atoms with Gasteiger partial charge in [-0.25, -0.2) is 4.68 Å². The van der Waals surface area contributed by atoms with Crippen molar-refractivity contribution in [1.82, 2.24) is 20.0 Å². The molecule has 0 aliphatic carbocycles. The van der Waals surface area contributed by atoms with Crippen molar-refractivity contribution in [3.8, 4) is 5.69 Å². The van der Waals surface area contributed by atoms with Crippen molar-refractivity contribution in [2.45, 2.75) is 38.8 Å². The van der Waals surface area contributed by atoms with E-state index in [0.29, 0.717) is 23.9 Å². The Balaban J connectivity index is 1.21. The van der Waals surface area contributed by atoms with Crippen molar-refractivity contribution >= 4 is 17.5 Å². The minimum Gasteiger partial charge on any atom is -0.352 e. The fourth-order valence-electron chi connectivity index (χ4n) is 4.22. The quantitative estimate of drug-likeness (QED) is 0.550. The number of benzene rings is 2. The maximum Gasteiger partial charge on any atom is 0.220 e. The number of rotatable bonds is 8. The second kappa shape index (κ2) is 10.6. The van der Waals surface area contributed by atoms with Crippen molar-refractivity contribution in [3.05, 3.63) is 83.1 Å². The maximum atomic E-state index is 12.3. The number of aromatic nitrogens is 2. The number of halogens is 1. The number of likely N-dealkylation sites (tertiary alicyclic amines) is 1. The summed E-state index contributed by atoms with van der Waals surface area (Å²) in [5.41, 5.74) is 3.35. The van der Waals surface area contributed by atoms with Gasteiger partial charge in [-0.05, 0) is 67.1 Å². The van der Waals surface area contributed by atoms with Crippen LogP contribution in [0.5, 0.6) is 0 Å². The van der Waals surface area contributed by atoms with Gasteiger partial charge < -0.3 is 5.32 Å². The van der Waals surface area contributed by atoms with Crippen LogP contribution in [0.2, 0.25) is 5.02 Å². The molecule has 0 spiro atoms. The summed E-state index contributed by atoms with van der Waals surface area (Å²) in [6.45, 7) is 3.62. The molecular weight excluding hydrogens is 408 g/mol. The van der Waals surface area contributed by atoms with Gasteiger partial charge in [-0.3, -0.25) is 9.69 Å². The van der Waals surface area contributed by atoms with Gasteiger partial charge in [0, 0.05) is 43.5 Å². The van der Waals surface area contributed by atoms with E-state index in [1.807, 2.05) is 41.2 Å². The zero-order valence-corrected chi connectivity index (χ0v) is 18.5. The van der Waals surface area contributed by atoms with E-state index in [1.54, 1.807) is 6.20 Å². The SMILES string of the molecule is O=C(CCC1CCCN(Cc2ccc(-n3cccn3)cc2)C1)NCc1ccccc1Cl. The fraction of sp³-hybridized carbons (Fsp3) is 0.360. The molecule has 1 amide bonds. The number of carbonyl (C=O) groups excluding carboxylic acids is 1. The summed E-state index contributed by atoms with van der Waals surface area (Å²) < 4.78 is 1.87. The van der Waals surface area contributed by atoms with Gasteiger partial charge in [-0.15, -0.1) is 0 Å². The van der Waals surface area contributed by atoms with Gasteiger partial charge in [0.2, 0.25) is 5.91 Å². The number of nitrogens with zero attached hydrogens (tertiary/aromatic N) is 3. The molecule has 162 valence electrons. The molecule has 1 unspecified atom stereocenters. The molecule has 1 atom stereocenters. The van der Waals surface area contributed by atoms with E-state index in [-0.39, 0.29) is 5.91 Å². The van der Waals surface area contributed by atoms with Crippen LogP contribution in [0.1, 0.15) is 36.8 Å². The van der Waals surface area contributed by atoms with E-state index in [4.69, 9.17) is 11.6 Å². The number of carbonyl (C=O) groups is 1. The average molecular weight is 437 g/mol. The summed E-state index contributed by atoms with van der Waals surface area (Å²) in [6.07, 6.45) is 7.64. The van der Waals surface area contributed by atoms with E-state index < -0.39 is 0 Å². The summed E-state index contributed by atoms with van der Waals surface area (Å²) in [6, 6.07) is 18.2. The zero-order valence-electron chi connectivity index (χ0n) is 17.7. The summed E-state index contributed by atoms with van der Waals surface area (Å²) >= 11 is 6.16. The van der Waals surface area contributed by atoms with Crippen LogP contribution in [0.15, 0.2) is 67.0 Å². The molecule has 5 nitrogen and oxygen atoms in total. The largest absolute Gasteiger partial charge is 0.352 e. The molecule has 1 saturated heterocycles. The lowest BCUT2D eigenvalue weighted by Crippen LogP contribution is -2.35. The molecule has 2 heterocycles. The molecule has 1 aliphatic heterocycles. The Hall–Kier alpha value is -2.63. The van der Waals surface area contributed by atoms with E-state index >= 15 is 0 Å². The highest BCUT2D eigenvalue weighted by molar-refractivity contribution is 6.31. The third kappa shape index (κ3) is 6.18. The van der Waals surface area contributed by atoms with Crippen molar-refractivity contribution in [2.75, 3.05) is 13.1 Å². The van der Waals surface area contributed by atoms with E-state index in [9.17, 15) is 4.79 Å². The highest BCUT2D eigenvalue weighted by atomic mass is 35.5. The van der Waals surface area contributed by atoms with Crippen molar-refractivity contribution in [3.63, 3.8) is 0 Å². The molecule has 1 aromatic heterocycles. The molecule has 0 radical (unpaired) electrons. The Kier molecular flexibility index (Phi) is 7.39. The molecular formula is C25H29ClN4O. The minimum absolute atomic E-state index is 0.103. The highest BCUT2D eigenvalue weighted by Crippen LogP contribution is 2.23. The lowest BCUT2D eigenvalue weighted by Gasteiger charge is -2.32. The minimum atomic E-state index is 0.103. The number of hydrogen-bond acceptors (Lipinski definition) is 3. The molecule has 3 aromatic rings. The van der Waals surface area contributed by atoms with Crippen LogP contribution in [0.4, 0.5) is 0 Å². The van der Waals surface area contributed by atoms with Gasteiger partial charge in [-0.2, -0.15) is 5.10 Å². The van der Waals surface area contributed by atoms with Crippen molar-refractivity contribution < 1.29 is 4.79 Å². The second-order valence-electron chi connectivity index (χ2n) is 8.27. The first kappa shape index (κ1) is 21.6. The number of piperidine rings is 1. The highest BCUT2D eigenvalue weighted by Gasteiger charge is 2.20. The van der Waals surface area contributed by atoms with Crippen LogP contribution in [-0.4, -0.2) is 33.7 Å². The van der Waals surface area contributed by atoms with Crippen molar-refractivity contribution in [2.24, 2.45) is 5.92 Å². The number of hydrogen-bond donors (Lipinski definition) is 1. The third-order valence-corrected chi connectivity index (χ3v) is 6.30. The molecule has 1 N–H and O–H groups in total. The Morgan fingerprint density at radius 2 is 1.97 bits per heavy atom. The lowest BCUT2D eigenvalue weighted by atomic mass is 9.93. The third-order valence-electron chi connectivity index (χ3n) is 5.93. The first-order valence-electron chi connectivity index (χ1n) is 11.0. The molecule has 31 heavy (non-hydrogen) atoms. The maximum absolute atomic E-state index is 12.3. The van der Waals surface area contributed by atoms with E-state index in [0.717, 1.165) is 37.3 Å². The standard InChI is InChI=1S/C25H29ClN4O/c26-24-7-2-1-6-22(24)17-27-25(31)13-10-20-5-3-15-29(18-20)19-21-8-11-23(12-9-21)30-16-4-14-28-30/h1-2,4,6-9,11-12,14,16,20H,3,5,10,13,15,17-19H2,(H,27,31). The lowest BCUT2D eigenvalue weighted by molar-refractivity contribution is -0.121. The molecule has 1 aliphatic rings. The van der Waals surface area contributed by atoms with Crippen LogP contribution in [-0.2, 0) is 17.9 Å². The Morgan fingerprint density at radius 1 is 1.13 bits per heavy atom. The normalized spacial score (nSPS) is 16.9. The summed E-state index contributed by atoms with van der Waals surface area (Å²) in [5.74, 6) is 0.675. The van der Waals surface area contributed by atoms with Gasteiger partial charge in [0.1, 0.15) is 0 Å². The van der Waals surface area contributed by atoms with E-state index in [1.165, 1.54) is 18.4 Å². The molecule has 2 aromatic carbocycles. The molecule has 6 heteroatoms. The Labute approximate surface area is 189 Å². The summed E-state index contributed by atoms with van der Waals surface area (Å²) in [5, 5.41) is 7.98. The predicted molar refractivity (Wildman–Crippen MR) is 124 cm³/mol. The molecule has 1 fully saturated rings. The average Bonchev–Trinajstić information content (AvgIpc) is 3.33. The Bertz CT molecular complexity index is 971. The fourth-order valence-corrected chi connectivity index (χ4v) is 4.43. The monoisotopic (exact) mass is 436 g/mol. The van der Waals surface area contributed by atoms with Gasteiger partial charge >= 0.3 is 0 Å². The molecule has 4 rings (SSSR count). The smallest absolute Gasteiger partial charge is 0.220 e. The second-order valence-corrected chi connectivity index (χ2v) is 8.67. The van der Waals surface area contributed by atoms with Crippen LogP contribution in [0.25, 0.3) is 5.69 Å². The predicted octanol–water partition coefficient (Wildman–Crippen LogP) is 4.83. The Morgan fingerprint density at radius 3 is 2.74 bits per heavy atom. The molecule has 0 saturated carbocycles. The number of amides is 1. The van der Waals surface area contributed by atoms with E-state index in [2.05, 4.69) is 39.6 Å². The van der Waals surface area contributed by atoms with Gasteiger partial charge in [-0.1, -0.05) is 41.9 Å². The summed E-state index contributed by atoms with van der Waals surface area (Å²) in [7, 11) is 0.